The van der Waals surface area contributed by atoms with Gasteiger partial charge in [0.1, 0.15) is 5.69 Å². The minimum atomic E-state index is -0.309. The second kappa shape index (κ2) is 5.00. The summed E-state index contributed by atoms with van der Waals surface area (Å²) in [5, 5.41) is 19.8. The standard InChI is InChI=1S/C16H18N4O/c21-16-8-4-3-7-15(16)20-10-14(18-19-20)13-9-11-5-1-2-6-12(11)17-13/h1-2,5-6,9-10,15-17,21H,3-4,7-8H2/t15-,16-/m1/s1. The molecule has 1 aliphatic rings. The molecule has 0 amide bonds. The predicted molar refractivity (Wildman–Crippen MR) is 80.8 cm³/mol. The molecule has 5 nitrogen and oxygen atoms in total. The Hall–Kier alpha value is -2.14. The van der Waals surface area contributed by atoms with Crippen molar-refractivity contribution in [2.24, 2.45) is 0 Å². The molecule has 2 N–H and O–H groups in total. The quantitative estimate of drug-likeness (QED) is 0.759. The van der Waals surface area contributed by atoms with Crippen LogP contribution in [0.2, 0.25) is 0 Å². The van der Waals surface area contributed by atoms with E-state index < -0.39 is 0 Å². The lowest BCUT2D eigenvalue weighted by Crippen LogP contribution is -2.27. The molecule has 0 bridgehead atoms. The zero-order valence-electron chi connectivity index (χ0n) is 11.7. The number of nitrogens with one attached hydrogen (secondary N) is 1. The van der Waals surface area contributed by atoms with Crippen LogP contribution < -0.4 is 0 Å². The lowest BCUT2D eigenvalue weighted by Gasteiger charge is -2.27. The molecule has 1 aliphatic carbocycles. The van der Waals surface area contributed by atoms with Gasteiger partial charge in [-0.1, -0.05) is 36.3 Å². The summed E-state index contributed by atoms with van der Waals surface area (Å²) in [5.74, 6) is 0. The lowest BCUT2D eigenvalue weighted by atomic mass is 9.93. The molecule has 2 heterocycles. The average molecular weight is 282 g/mol. The summed E-state index contributed by atoms with van der Waals surface area (Å²) in [5.41, 5.74) is 2.89. The maximum atomic E-state index is 10.1. The van der Waals surface area contributed by atoms with Crippen molar-refractivity contribution in [2.75, 3.05) is 0 Å². The topological polar surface area (TPSA) is 66.7 Å². The Morgan fingerprint density at radius 2 is 2.05 bits per heavy atom. The highest BCUT2D eigenvalue weighted by Crippen LogP contribution is 2.29. The van der Waals surface area contributed by atoms with Gasteiger partial charge in [-0.2, -0.15) is 0 Å². The number of para-hydroxylation sites is 1. The molecule has 2 aromatic heterocycles. The second-order valence-corrected chi connectivity index (χ2v) is 5.77. The van der Waals surface area contributed by atoms with Gasteiger partial charge in [0, 0.05) is 10.9 Å². The number of H-pyrrole nitrogens is 1. The number of benzene rings is 1. The van der Waals surface area contributed by atoms with Gasteiger partial charge in [0.15, 0.2) is 0 Å². The van der Waals surface area contributed by atoms with E-state index in [1.807, 2.05) is 29.1 Å². The largest absolute Gasteiger partial charge is 0.391 e. The van der Waals surface area contributed by atoms with Gasteiger partial charge in [0.25, 0.3) is 0 Å². The first-order valence-corrected chi connectivity index (χ1v) is 7.49. The van der Waals surface area contributed by atoms with Gasteiger partial charge < -0.3 is 10.1 Å². The first-order chi connectivity index (χ1) is 10.3. The molecule has 0 aliphatic heterocycles. The normalized spacial score (nSPS) is 22.7. The van der Waals surface area contributed by atoms with Crippen molar-refractivity contribution in [1.29, 1.82) is 0 Å². The lowest BCUT2D eigenvalue weighted by molar-refractivity contribution is 0.0685. The van der Waals surface area contributed by atoms with Crippen LogP contribution >= 0.6 is 0 Å². The fourth-order valence-corrected chi connectivity index (χ4v) is 3.17. The van der Waals surface area contributed by atoms with Gasteiger partial charge in [0.2, 0.25) is 0 Å². The highest BCUT2D eigenvalue weighted by molar-refractivity contribution is 5.84. The van der Waals surface area contributed by atoms with E-state index in [1.165, 1.54) is 5.39 Å². The summed E-state index contributed by atoms with van der Waals surface area (Å²) >= 11 is 0. The number of hydrogen-bond acceptors (Lipinski definition) is 3. The van der Waals surface area contributed by atoms with Crippen molar-refractivity contribution < 1.29 is 5.11 Å². The van der Waals surface area contributed by atoms with E-state index in [4.69, 9.17) is 0 Å². The van der Waals surface area contributed by atoms with Gasteiger partial charge >= 0.3 is 0 Å². The minimum absolute atomic E-state index is 0.0596. The van der Waals surface area contributed by atoms with Gasteiger partial charge in [-0.25, -0.2) is 4.68 Å². The zero-order chi connectivity index (χ0) is 14.2. The van der Waals surface area contributed by atoms with E-state index in [1.54, 1.807) is 0 Å². The van der Waals surface area contributed by atoms with E-state index >= 15 is 0 Å². The van der Waals surface area contributed by atoms with E-state index in [2.05, 4.69) is 27.4 Å². The first-order valence-electron chi connectivity index (χ1n) is 7.49. The fraction of sp³-hybridized carbons (Fsp3) is 0.375. The van der Waals surface area contributed by atoms with E-state index in [-0.39, 0.29) is 12.1 Å². The molecule has 1 fully saturated rings. The Kier molecular flexibility index (Phi) is 3.00. The highest BCUT2D eigenvalue weighted by Gasteiger charge is 2.25. The molecule has 0 saturated heterocycles. The first kappa shape index (κ1) is 12.6. The SMILES string of the molecule is O[C@@H]1CCCC[C@H]1n1cc(-c2cc3ccccc3[nH]2)nn1. The average Bonchev–Trinajstić information content (AvgIpc) is 3.14. The number of aromatic amines is 1. The molecule has 0 radical (unpaired) electrons. The zero-order valence-corrected chi connectivity index (χ0v) is 11.7. The molecule has 21 heavy (non-hydrogen) atoms. The Labute approximate surface area is 122 Å². The van der Waals surface area contributed by atoms with Crippen LogP contribution in [0.15, 0.2) is 36.5 Å². The van der Waals surface area contributed by atoms with E-state index in [9.17, 15) is 5.11 Å². The van der Waals surface area contributed by atoms with E-state index in [0.717, 1.165) is 42.6 Å². The molecule has 1 aromatic carbocycles. The number of aliphatic hydroxyl groups is 1. The molecular weight excluding hydrogens is 264 g/mol. The second-order valence-electron chi connectivity index (χ2n) is 5.77. The summed E-state index contributed by atoms with van der Waals surface area (Å²) in [7, 11) is 0. The van der Waals surface area contributed by atoms with Gasteiger partial charge in [-0.3, -0.25) is 0 Å². The van der Waals surface area contributed by atoms with Crippen molar-refractivity contribution in [2.45, 2.75) is 37.8 Å². The van der Waals surface area contributed by atoms with Gasteiger partial charge in [0.05, 0.1) is 24.0 Å². The Bertz CT molecular complexity index is 727. The molecule has 3 aromatic rings. The number of aliphatic hydroxyl groups excluding tert-OH is 1. The highest BCUT2D eigenvalue weighted by atomic mass is 16.3. The smallest absolute Gasteiger partial charge is 0.129 e. The van der Waals surface area contributed by atoms with Crippen molar-refractivity contribution in [3.63, 3.8) is 0 Å². The Balaban J connectivity index is 1.67. The van der Waals surface area contributed by atoms with Crippen molar-refractivity contribution in [3.8, 4) is 11.4 Å². The summed E-state index contributed by atoms with van der Waals surface area (Å²) < 4.78 is 1.82. The maximum absolute atomic E-state index is 10.1. The van der Waals surface area contributed by atoms with Gasteiger partial charge in [-0.15, -0.1) is 5.10 Å². The monoisotopic (exact) mass is 282 g/mol. The van der Waals surface area contributed by atoms with Crippen molar-refractivity contribution in [3.05, 3.63) is 36.5 Å². The maximum Gasteiger partial charge on any atom is 0.129 e. The fourth-order valence-electron chi connectivity index (χ4n) is 3.17. The third-order valence-electron chi connectivity index (χ3n) is 4.35. The van der Waals surface area contributed by atoms with Crippen LogP contribution in [0.3, 0.4) is 0 Å². The third kappa shape index (κ3) is 2.23. The molecule has 0 unspecified atom stereocenters. The Morgan fingerprint density at radius 3 is 2.90 bits per heavy atom. The number of hydrogen-bond donors (Lipinski definition) is 2. The molecular formula is C16H18N4O. The van der Waals surface area contributed by atoms with Crippen molar-refractivity contribution in [1.82, 2.24) is 20.0 Å². The molecule has 108 valence electrons. The molecule has 0 spiro atoms. The van der Waals surface area contributed by atoms with Gasteiger partial charge in [-0.05, 0) is 25.0 Å². The summed E-state index contributed by atoms with van der Waals surface area (Å²) in [6.45, 7) is 0. The van der Waals surface area contributed by atoms with Crippen LogP contribution in [0.4, 0.5) is 0 Å². The summed E-state index contributed by atoms with van der Waals surface area (Å²) in [4.78, 5) is 3.36. The van der Waals surface area contributed by atoms with Crippen LogP contribution in [-0.4, -0.2) is 31.2 Å². The van der Waals surface area contributed by atoms with E-state index in [0.29, 0.717) is 0 Å². The van der Waals surface area contributed by atoms with Crippen LogP contribution in [0, 0.1) is 0 Å². The number of rotatable bonds is 2. The third-order valence-corrected chi connectivity index (χ3v) is 4.35. The van der Waals surface area contributed by atoms with Crippen LogP contribution in [0.25, 0.3) is 22.3 Å². The van der Waals surface area contributed by atoms with Crippen LogP contribution in [0.1, 0.15) is 31.7 Å². The Morgan fingerprint density at radius 1 is 1.19 bits per heavy atom. The number of fused-ring (bicyclic) bond motifs is 1. The molecule has 4 rings (SSSR count). The molecule has 2 atom stereocenters. The number of aromatic nitrogens is 4. The van der Waals surface area contributed by atoms with Crippen LogP contribution in [-0.2, 0) is 0 Å². The molecule has 1 saturated carbocycles. The van der Waals surface area contributed by atoms with Crippen LogP contribution in [0.5, 0.6) is 0 Å². The van der Waals surface area contributed by atoms with Crippen molar-refractivity contribution >= 4 is 10.9 Å². The predicted octanol–water partition coefficient (Wildman–Crippen LogP) is 2.90. The minimum Gasteiger partial charge on any atom is -0.391 e. The summed E-state index contributed by atoms with van der Waals surface area (Å²) in [6, 6.07) is 10.3. The molecule has 5 heteroatoms. The number of nitrogens with zero attached hydrogens (tertiary/aromatic N) is 3. The summed E-state index contributed by atoms with van der Waals surface area (Å²) in [6.07, 6.45) is 5.69.